The summed E-state index contributed by atoms with van der Waals surface area (Å²) in [6, 6.07) is 22.6. The number of aryl methyl sites for hydroxylation is 1. The number of aliphatic hydroxyl groups excluding tert-OH is 1. The Morgan fingerprint density at radius 2 is 1.76 bits per heavy atom. The average Bonchev–Trinajstić information content (AvgIpc) is 3.09. The van der Waals surface area contributed by atoms with E-state index in [-0.39, 0.29) is 5.82 Å². The molecule has 2 N–H and O–H groups in total. The number of likely N-dealkylation sites (N-methyl/N-ethyl adjacent to an activating group) is 1. The van der Waals surface area contributed by atoms with Gasteiger partial charge in [-0.25, -0.2) is 4.39 Å². The molecule has 4 rings (SSSR count). The summed E-state index contributed by atoms with van der Waals surface area (Å²) in [6.07, 6.45) is 1.35. The van der Waals surface area contributed by atoms with E-state index in [1.807, 2.05) is 24.3 Å². The Bertz CT molecular complexity index is 1120. The average molecular weight is 388 g/mol. The molecule has 3 nitrogen and oxygen atoms in total. The van der Waals surface area contributed by atoms with E-state index in [1.54, 1.807) is 13.1 Å². The molecule has 0 aliphatic carbocycles. The molecule has 0 spiro atoms. The van der Waals surface area contributed by atoms with Gasteiger partial charge in [0.2, 0.25) is 0 Å². The van der Waals surface area contributed by atoms with Crippen molar-refractivity contribution in [2.45, 2.75) is 19.1 Å². The molecular weight excluding hydrogens is 363 g/mol. The van der Waals surface area contributed by atoms with Crippen LogP contribution in [0.25, 0.3) is 22.0 Å². The predicted octanol–water partition coefficient (Wildman–Crippen LogP) is 4.93. The smallest absolute Gasteiger partial charge is 0.123 e. The second kappa shape index (κ2) is 8.19. The van der Waals surface area contributed by atoms with Gasteiger partial charge in [0.25, 0.3) is 0 Å². The number of aromatic nitrogens is 1. The van der Waals surface area contributed by atoms with E-state index >= 15 is 0 Å². The molecule has 148 valence electrons. The second-order valence-electron chi connectivity index (χ2n) is 7.46. The van der Waals surface area contributed by atoms with Gasteiger partial charge in [-0.05, 0) is 43.3 Å². The van der Waals surface area contributed by atoms with Gasteiger partial charge in [0.1, 0.15) is 5.82 Å². The zero-order valence-electron chi connectivity index (χ0n) is 16.6. The van der Waals surface area contributed by atoms with Gasteiger partial charge in [-0.2, -0.15) is 0 Å². The van der Waals surface area contributed by atoms with Crippen LogP contribution < -0.4 is 5.32 Å². The summed E-state index contributed by atoms with van der Waals surface area (Å²) in [5.41, 5.74) is 5.17. The number of nitrogens with one attached hydrogen (secondary N) is 1. The summed E-state index contributed by atoms with van der Waals surface area (Å²) in [4.78, 5) is 0. The monoisotopic (exact) mass is 388 g/mol. The third kappa shape index (κ3) is 3.82. The first-order valence-electron chi connectivity index (χ1n) is 9.83. The number of rotatable bonds is 6. The predicted molar refractivity (Wildman–Crippen MR) is 117 cm³/mol. The largest absolute Gasteiger partial charge is 0.389 e. The van der Waals surface area contributed by atoms with Crippen LogP contribution in [0.2, 0.25) is 0 Å². The van der Waals surface area contributed by atoms with Crippen molar-refractivity contribution in [2.24, 2.45) is 0 Å². The van der Waals surface area contributed by atoms with Crippen molar-refractivity contribution in [1.29, 1.82) is 0 Å². The second-order valence-corrected chi connectivity index (χ2v) is 7.46. The van der Waals surface area contributed by atoms with Crippen molar-refractivity contribution < 1.29 is 9.50 Å². The summed E-state index contributed by atoms with van der Waals surface area (Å²) in [5.74, 6) is -0.306. The van der Waals surface area contributed by atoms with Gasteiger partial charge in [-0.1, -0.05) is 60.2 Å². The number of para-hydroxylation sites is 1. The third-order valence-corrected chi connectivity index (χ3v) is 5.37. The van der Waals surface area contributed by atoms with E-state index in [4.69, 9.17) is 0 Å². The summed E-state index contributed by atoms with van der Waals surface area (Å²) in [7, 11) is 1.80. The van der Waals surface area contributed by atoms with Crippen LogP contribution in [0.15, 0.2) is 79.0 Å². The number of nitrogens with zero attached hydrogens (tertiary/aromatic N) is 1. The molecule has 0 aliphatic rings. The molecule has 0 amide bonds. The molecule has 4 aromatic rings. The molecule has 29 heavy (non-hydrogen) atoms. The van der Waals surface area contributed by atoms with Crippen LogP contribution in [0.1, 0.15) is 17.2 Å². The maximum atomic E-state index is 14.0. The van der Waals surface area contributed by atoms with E-state index in [1.165, 1.54) is 17.7 Å². The van der Waals surface area contributed by atoms with Crippen LogP contribution in [0.3, 0.4) is 0 Å². The number of hydrogen-bond donors (Lipinski definition) is 2. The van der Waals surface area contributed by atoms with Crippen molar-refractivity contribution >= 4 is 10.9 Å². The van der Waals surface area contributed by atoms with E-state index in [0.717, 1.165) is 27.6 Å². The van der Waals surface area contributed by atoms with Crippen LogP contribution in [0.5, 0.6) is 0 Å². The highest BCUT2D eigenvalue weighted by Crippen LogP contribution is 2.35. The molecule has 3 aromatic carbocycles. The number of aliphatic hydroxyl groups is 1. The van der Waals surface area contributed by atoms with Gasteiger partial charge in [0.05, 0.1) is 12.1 Å². The Kier molecular flexibility index (Phi) is 5.47. The molecule has 1 heterocycles. The van der Waals surface area contributed by atoms with Gasteiger partial charge >= 0.3 is 0 Å². The lowest BCUT2D eigenvalue weighted by Gasteiger charge is -2.26. The van der Waals surface area contributed by atoms with E-state index in [9.17, 15) is 9.50 Å². The number of halogens is 1. The molecule has 2 atom stereocenters. The molecule has 0 aliphatic heterocycles. The highest BCUT2D eigenvalue weighted by molar-refractivity contribution is 5.96. The Hall–Kier alpha value is -2.95. The van der Waals surface area contributed by atoms with Crippen molar-refractivity contribution in [1.82, 2.24) is 9.88 Å². The van der Waals surface area contributed by atoms with Crippen molar-refractivity contribution in [3.8, 4) is 11.1 Å². The molecule has 0 saturated carbocycles. The van der Waals surface area contributed by atoms with Gasteiger partial charge < -0.3 is 15.0 Å². The molecular formula is C25H25FN2O. The van der Waals surface area contributed by atoms with Gasteiger partial charge in [0.15, 0.2) is 0 Å². The first-order chi connectivity index (χ1) is 14.1. The molecule has 2 unspecified atom stereocenters. The topological polar surface area (TPSA) is 37.2 Å². The maximum Gasteiger partial charge on any atom is 0.123 e. The zero-order valence-corrected chi connectivity index (χ0v) is 16.6. The quantitative estimate of drug-likeness (QED) is 0.492. The molecule has 1 aromatic heterocycles. The minimum absolute atomic E-state index is 0.306. The van der Waals surface area contributed by atoms with Crippen molar-refractivity contribution in [3.63, 3.8) is 0 Å². The fraction of sp³-hybridized carbons (Fsp3) is 0.200. The van der Waals surface area contributed by atoms with E-state index < -0.39 is 12.1 Å². The lowest BCUT2D eigenvalue weighted by Crippen LogP contribution is -2.33. The van der Waals surface area contributed by atoms with Gasteiger partial charge in [0, 0.05) is 29.2 Å². The molecule has 4 heteroatoms. The fourth-order valence-corrected chi connectivity index (χ4v) is 3.98. The van der Waals surface area contributed by atoms with Crippen molar-refractivity contribution in [2.75, 3.05) is 13.6 Å². The summed E-state index contributed by atoms with van der Waals surface area (Å²) >= 11 is 0. The zero-order chi connectivity index (χ0) is 20.4. The Morgan fingerprint density at radius 3 is 2.48 bits per heavy atom. The van der Waals surface area contributed by atoms with Crippen LogP contribution >= 0.6 is 0 Å². The highest BCUT2D eigenvalue weighted by atomic mass is 19.1. The molecule has 0 radical (unpaired) electrons. The van der Waals surface area contributed by atoms with Crippen molar-refractivity contribution in [3.05, 3.63) is 95.9 Å². The van der Waals surface area contributed by atoms with Gasteiger partial charge in [-0.15, -0.1) is 0 Å². The number of benzene rings is 3. The fourth-order valence-electron chi connectivity index (χ4n) is 3.98. The van der Waals surface area contributed by atoms with E-state index in [2.05, 4.69) is 53.3 Å². The minimum Gasteiger partial charge on any atom is -0.389 e. The first-order valence-corrected chi connectivity index (χ1v) is 9.83. The normalized spacial score (nSPS) is 13.5. The van der Waals surface area contributed by atoms with E-state index in [0.29, 0.717) is 6.54 Å². The Balaban J connectivity index is 1.93. The molecule has 0 saturated heterocycles. The minimum atomic E-state index is -0.719. The van der Waals surface area contributed by atoms with Crippen LogP contribution in [-0.2, 0) is 0 Å². The molecule has 0 fully saturated rings. The summed E-state index contributed by atoms with van der Waals surface area (Å²) in [6.45, 7) is 2.47. The summed E-state index contributed by atoms with van der Waals surface area (Å²) in [5, 5.41) is 15.1. The standard InChI is InChI=1S/C25H25FN2O/c1-17-10-12-18(13-11-17)22-16-28(23-9-4-3-8-21(22)23)25(24(29)15-27-2)19-6-5-7-20(26)14-19/h3-14,16,24-25,27,29H,15H2,1-2H3. The number of hydrogen-bond acceptors (Lipinski definition) is 2. The van der Waals surface area contributed by atoms with Crippen LogP contribution in [0, 0.1) is 12.7 Å². The number of fused-ring (bicyclic) bond motifs is 1. The Labute approximate surface area is 170 Å². The Morgan fingerprint density at radius 1 is 1.00 bits per heavy atom. The highest BCUT2D eigenvalue weighted by Gasteiger charge is 2.25. The maximum absolute atomic E-state index is 14.0. The lowest BCUT2D eigenvalue weighted by atomic mass is 10.0. The molecule has 0 bridgehead atoms. The third-order valence-electron chi connectivity index (χ3n) is 5.37. The van der Waals surface area contributed by atoms with Crippen LogP contribution in [0.4, 0.5) is 4.39 Å². The van der Waals surface area contributed by atoms with Crippen LogP contribution in [-0.4, -0.2) is 29.4 Å². The summed E-state index contributed by atoms with van der Waals surface area (Å²) < 4.78 is 16.1. The first kappa shape index (κ1) is 19.4. The lowest BCUT2D eigenvalue weighted by molar-refractivity contribution is 0.132. The SMILES string of the molecule is CNCC(O)C(c1cccc(F)c1)n1cc(-c2ccc(C)cc2)c2ccccc21. The van der Waals surface area contributed by atoms with Gasteiger partial charge in [-0.3, -0.25) is 0 Å².